The molecule has 1 saturated heterocycles. The van der Waals surface area contributed by atoms with Gasteiger partial charge >= 0.3 is 6.03 Å². The van der Waals surface area contributed by atoms with Crippen molar-refractivity contribution in [3.8, 4) is 0 Å². The summed E-state index contributed by atoms with van der Waals surface area (Å²) in [6, 6.07) is 5.60. The van der Waals surface area contributed by atoms with Crippen LogP contribution in [-0.4, -0.2) is 42.2 Å². The van der Waals surface area contributed by atoms with E-state index in [0.29, 0.717) is 32.0 Å². The Hall–Kier alpha value is -2.15. The van der Waals surface area contributed by atoms with Gasteiger partial charge in [0, 0.05) is 30.9 Å². The number of benzene rings is 1. The summed E-state index contributed by atoms with van der Waals surface area (Å²) < 4.78 is 5.14. The third-order valence-electron chi connectivity index (χ3n) is 2.61. The van der Waals surface area contributed by atoms with Crippen LogP contribution >= 0.6 is 0 Å². The van der Waals surface area contributed by atoms with Gasteiger partial charge in [0.25, 0.3) is 5.69 Å². The Kier molecular flexibility index (Phi) is 3.73. The molecular formula is C11H13N3O4. The molecule has 0 atom stereocenters. The van der Waals surface area contributed by atoms with Crippen LogP contribution in [0.25, 0.3) is 0 Å². The Morgan fingerprint density at radius 3 is 2.78 bits per heavy atom. The van der Waals surface area contributed by atoms with Crippen molar-refractivity contribution in [2.24, 2.45) is 0 Å². The van der Waals surface area contributed by atoms with E-state index in [4.69, 9.17) is 4.74 Å². The molecule has 18 heavy (non-hydrogen) atoms. The minimum atomic E-state index is -0.496. The number of nitrogens with zero attached hydrogens (tertiary/aromatic N) is 2. The molecule has 0 radical (unpaired) electrons. The van der Waals surface area contributed by atoms with Gasteiger partial charge in [0.15, 0.2) is 0 Å². The highest BCUT2D eigenvalue weighted by Gasteiger charge is 2.17. The number of nitro groups is 1. The fourth-order valence-electron chi connectivity index (χ4n) is 1.67. The van der Waals surface area contributed by atoms with Crippen LogP contribution in [0.4, 0.5) is 16.2 Å². The van der Waals surface area contributed by atoms with Crippen molar-refractivity contribution < 1.29 is 14.5 Å². The Balaban J connectivity index is 2.02. The number of hydrogen-bond acceptors (Lipinski definition) is 4. The number of amides is 2. The van der Waals surface area contributed by atoms with Gasteiger partial charge in [-0.3, -0.25) is 10.1 Å². The Morgan fingerprint density at radius 2 is 2.11 bits per heavy atom. The fourth-order valence-corrected chi connectivity index (χ4v) is 1.67. The first-order valence-corrected chi connectivity index (χ1v) is 5.55. The first-order chi connectivity index (χ1) is 8.66. The first kappa shape index (κ1) is 12.3. The predicted octanol–water partition coefficient (Wildman–Crippen LogP) is 1.46. The summed E-state index contributed by atoms with van der Waals surface area (Å²) in [5.74, 6) is 0. The monoisotopic (exact) mass is 251 g/mol. The molecule has 7 heteroatoms. The van der Waals surface area contributed by atoms with E-state index in [2.05, 4.69) is 5.32 Å². The van der Waals surface area contributed by atoms with Gasteiger partial charge in [0.1, 0.15) is 0 Å². The maximum absolute atomic E-state index is 11.8. The Bertz CT molecular complexity index is 457. The number of nitrogens with one attached hydrogen (secondary N) is 1. The van der Waals surface area contributed by atoms with E-state index in [1.807, 2.05) is 0 Å². The van der Waals surface area contributed by atoms with Gasteiger partial charge in [-0.15, -0.1) is 0 Å². The van der Waals surface area contributed by atoms with Crippen molar-refractivity contribution in [2.75, 3.05) is 31.6 Å². The second-order valence-electron chi connectivity index (χ2n) is 3.84. The number of nitro benzene ring substituents is 1. The van der Waals surface area contributed by atoms with Crippen molar-refractivity contribution in [2.45, 2.75) is 0 Å². The summed E-state index contributed by atoms with van der Waals surface area (Å²) >= 11 is 0. The molecule has 96 valence electrons. The number of hydrogen-bond donors (Lipinski definition) is 1. The highest BCUT2D eigenvalue weighted by Crippen LogP contribution is 2.17. The van der Waals surface area contributed by atoms with Crippen molar-refractivity contribution in [3.05, 3.63) is 34.4 Å². The van der Waals surface area contributed by atoms with Gasteiger partial charge in [-0.05, 0) is 6.07 Å². The van der Waals surface area contributed by atoms with Crippen molar-refractivity contribution in [1.29, 1.82) is 0 Å². The molecule has 1 aliphatic rings. The third-order valence-corrected chi connectivity index (χ3v) is 2.61. The summed E-state index contributed by atoms with van der Waals surface area (Å²) in [6.07, 6.45) is 0. The van der Waals surface area contributed by atoms with Gasteiger partial charge in [0.05, 0.1) is 18.1 Å². The normalized spacial score (nSPS) is 15.2. The highest BCUT2D eigenvalue weighted by atomic mass is 16.6. The summed E-state index contributed by atoms with van der Waals surface area (Å²) in [6.45, 7) is 2.09. The van der Waals surface area contributed by atoms with Crippen LogP contribution < -0.4 is 5.32 Å². The Labute approximate surface area is 103 Å². The third kappa shape index (κ3) is 2.95. The fraction of sp³-hybridized carbons (Fsp3) is 0.364. The molecule has 7 nitrogen and oxygen atoms in total. The van der Waals surface area contributed by atoms with Crippen LogP contribution in [0, 0.1) is 10.1 Å². The molecule has 1 aromatic carbocycles. The predicted molar refractivity (Wildman–Crippen MR) is 64.5 cm³/mol. The quantitative estimate of drug-likeness (QED) is 0.637. The molecule has 2 amide bonds. The van der Waals surface area contributed by atoms with Crippen LogP contribution in [0.15, 0.2) is 24.3 Å². The number of morpholine rings is 1. The molecule has 0 unspecified atom stereocenters. The molecule has 0 bridgehead atoms. The summed E-state index contributed by atoms with van der Waals surface area (Å²) in [5.41, 5.74) is 0.371. The molecule has 1 fully saturated rings. The standard InChI is InChI=1S/C11H13N3O4/c15-11(13-4-6-18-7-5-13)12-9-2-1-3-10(8-9)14(16)17/h1-3,8H,4-7H2,(H,12,15). The lowest BCUT2D eigenvalue weighted by Gasteiger charge is -2.26. The van der Waals surface area contributed by atoms with E-state index in [-0.39, 0.29) is 11.7 Å². The van der Waals surface area contributed by atoms with Crippen molar-refractivity contribution >= 4 is 17.4 Å². The van der Waals surface area contributed by atoms with Crippen LogP contribution in [-0.2, 0) is 4.74 Å². The summed E-state index contributed by atoms with van der Waals surface area (Å²) in [5, 5.41) is 13.2. The van der Waals surface area contributed by atoms with E-state index < -0.39 is 4.92 Å². The molecule has 0 saturated carbocycles. The molecule has 0 aliphatic carbocycles. The number of non-ortho nitro benzene ring substituents is 1. The van der Waals surface area contributed by atoms with Crippen LogP contribution in [0.5, 0.6) is 0 Å². The van der Waals surface area contributed by atoms with Gasteiger partial charge in [-0.2, -0.15) is 0 Å². The topological polar surface area (TPSA) is 84.7 Å². The molecular weight excluding hydrogens is 238 g/mol. The number of carbonyl (C=O) groups excluding carboxylic acids is 1. The minimum Gasteiger partial charge on any atom is -0.378 e. The minimum absolute atomic E-state index is 0.0465. The lowest BCUT2D eigenvalue weighted by atomic mass is 10.3. The van der Waals surface area contributed by atoms with Gasteiger partial charge in [-0.25, -0.2) is 4.79 Å². The molecule has 1 aromatic rings. The number of rotatable bonds is 2. The van der Waals surface area contributed by atoms with Crippen molar-refractivity contribution in [1.82, 2.24) is 4.90 Å². The van der Waals surface area contributed by atoms with Gasteiger partial charge in [0.2, 0.25) is 0 Å². The zero-order valence-electron chi connectivity index (χ0n) is 9.67. The van der Waals surface area contributed by atoms with Crippen LogP contribution in [0.2, 0.25) is 0 Å². The molecule has 0 aromatic heterocycles. The maximum atomic E-state index is 11.8. The smallest absolute Gasteiger partial charge is 0.322 e. The van der Waals surface area contributed by atoms with Crippen LogP contribution in [0.1, 0.15) is 0 Å². The molecule has 1 N–H and O–H groups in total. The highest BCUT2D eigenvalue weighted by molar-refractivity contribution is 5.89. The molecule has 1 heterocycles. The lowest BCUT2D eigenvalue weighted by molar-refractivity contribution is -0.384. The van der Waals surface area contributed by atoms with E-state index in [1.54, 1.807) is 11.0 Å². The summed E-state index contributed by atoms with van der Waals surface area (Å²) in [4.78, 5) is 23.6. The van der Waals surface area contributed by atoms with Gasteiger partial charge in [-0.1, -0.05) is 6.07 Å². The SMILES string of the molecule is O=C(Nc1cccc([N+](=O)[O-])c1)N1CCOCC1. The summed E-state index contributed by atoms with van der Waals surface area (Å²) in [7, 11) is 0. The van der Waals surface area contributed by atoms with E-state index >= 15 is 0 Å². The maximum Gasteiger partial charge on any atom is 0.322 e. The number of carbonyl (C=O) groups is 1. The zero-order chi connectivity index (χ0) is 13.0. The van der Waals surface area contributed by atoms with Crippen molar-refractivity contribution in [3.63, 3.8) is 0 Å². The second kappa shape index (κ2) is 5.46. The zero-order valence-corrected chi connectivity index (χ0v) is 9.67. The molecule has 0 spiro atoms. The molecule has 1 aliphatic heterocycles. The van der Waals surface area contributed by atoms with E-state index in [1.165, 1.54) is 18.2 Å². The number of urea groups is 1. The second-order valence-corrected chi connectivity index (χ2v) is 3.84. The van der Waals surface area contributed by atoms with Crippen LogP contribution in [0.3, 0.4) is 0 Å². The first-order valence-electron chi connectivity index (χ1n) is 5.55. The van der Waals surface area contributed by atoms with Gasteiger partial charge < -0.3 is 15.0 Å². The average Bonchev–Trinajstić information content (AvgIpc) is 2.40. The van der Waals surface area contributed by atoms with E-state index in [0.717, 1.165) is 0 Å². The number of ether oxygens (including phenoxy) is 1. The average molecular weight is 251 g/mol. The Morgan fingerprint density at radius 1 is 1.39 bits per heavy atom. The largest absolute Gasteiger partial charge is 0.378 e. The molecule has 2 rings (SSSR count). The lowest BCUT2D eigenvalue weighted by Crippen LogP contribution is -2.43. The number of anilines is 1. The van der Waals surface area contributed by atoms with E-state index in [9.17, 15) is 14.9 Å².